The van der Waals surface area contributed by atoms with E-state index in [1.165, 1.54) is 11.0 Å². The molecule has 0 saturated heterocycles. The van der Waals surface area contributed by atoms with Crippen LogP contribution in [-0.2, 0) is 13.2 Å². The van der Waals surface area contributed by atoms with Gasteiger partial charge in [0.1, 0.15) is 12.4 Å². The van der Waals surface area contributed by atoms with Crippen LogP contribution in [0.1, 0.15) is 21.6 Å². The number of hydrogen-bond donors (Lipinski definition) is 1. The summed E-state index contributed by atoms with van der Waals surface area (Å²) >= 11 is 0. The Labute approximate surface area is 168 Å². The predicted octanol–water partition coefficient (Wildman–Crippen LogP) is 3.78. The van der Waals surface area contributed by atoms with Gasteiger partial charge in [-0.2, -0.15) is 9.90 Å². The number of rotatable bonds is 7. The summed E-state index contributed by atoms with van der Waals surface area (Å²) in [5.74, 6) is 0.520. The molecule has 4 aromatic rings. The molecule has 3 aromatic carbocycles. The molecule has 0 aliphatic carbocycles. The molecule has 1 heterocycles. The Bertz CT molecular complexity index is 1060. The van der Waals surface area contributed by atoms with Crippen molar-refractivity contribution in [2.45, 2.75) is 13.2 Å². The van der Waals surface area contributed by atoms with Gasteiger partial charge in [-0.3, -0.25) is 4.79 Å². The maximum Gasteiger partial charge on any atom is 0.273 e. The smallest absolute Gasteiger partial charge is 0.273 e. The number of benzene rings is 3. The summed E-state index contributed by atoms with van der Waals surface area (Å²) in [6, 6.07) is 27.1. The van der Waals surface area contributed by atoms with E-state index in [1.54, 1.807) is 0 Å². The van der Waals surface area contributed by atoms with E-state index in [9.17, 15) is 4.79 Å². The molecule has 6 nitrogen and oxygen atoms in total. The topological polar surface area (TPSA) is 69.0 Å². The molecule has 0 spiro atoms. The SMILES string of the molecule is O=C(NCc1ccc(OCc2ccccc2)cc1)c1cnn(-c2ccccc2)n1. The number of carbonyl (C=O) groups is 1. The van der Waals surface area contributed by atoms with E-state index in [4.69, 9.17) is 4.74 Å². The lowest BCUT2D eigenvalue weighted by molar-refractivity contribution is 0.0945. The summed E-state index contributed by atoms with van der Waals surface area (Å²) in [6.45, 7) is 0.921. The summed E-state index contributed by atoms with van der Waals surface area (Å²) in [5.41, 5.74) is 3.17. The number of ether oxygens (including phenoxy) is 1. The van der Waals surface area contributed by atoms with Crippen molar-refractivity contribution in [1.82, 2.24) is 20.3 Å². The Morgan fingerprint density at radius 3 is 2.28 bits per heavy atom. The van der Waals surface area contributed by atoms with Crippen LogP contribution in [0.25, 0.3) is 5.69 Å². The van der Waals surface area contributed by atoms with Crippen LogP contribution >= 0.6 is 0 Å². The van der Waals surface area contributed by atoms with E-state index in [1.807, 2.05) is 84.9 Å². The second-order valence-corrected chi connectivity index (χ2v) is 6.46. The first-order valence-electron chi connectivity index (χ1n) is 9.29. The first-order valence-corrected chi connectivity index (χ1v) is 9.29. The zero-order valence-electron chi connectivity index (χ0n) is 15.7. The Morgan fingerprint density at radius 1 is 0.862 bits per heavy atom. The zero-order chi connectivity index (χ0) is 19.9. The van der Waals surface area contributed by atoms with Crippen LogP contribution in [0.5, 0.6) is 5.75 Å². The molecule has 1 amide bonds. The Hall–Kier alpha value is -3.93. The molecule has 0 aliphatic rings. The van der Waals surface area contributed by atoms with E-state index >= 15 is 0 Å². The number of amides is 1. The van der Waals surface area contributed by atoms with Gasteiger partial charge >= 0.3 is 0 Å². The molecule has 4 rings (SSSR count). The van der Waals surface area contributed by atoms with Crippen molar-refractivity contribution in [3.05, 3.63) is 108 Å². The van der Waals surface area contributed by atoms with Crippen LogP contribution in [0.15, 0.2) is 91.1 Å². The molecule has 0 radical (unpaired) electrons. The zero-order valence-corrected chi connectivity index (χ0v) is 15.7. The van der Waals surface area contributed by atoms with Gasteiger partial charge in [0.15, 0.2) is 5.69 Å². The second-order valence-electron chi connectivity index (χ2n) is 6.46. The molecule has 0 unspecified atom stereocenters. The fraction of sp³-hybridized carbons (Fsp3) is 0.0870. The lowest BCUT2D eigenvalue weighted by Crippen LogP contribution is -2.23. The van der Waals surface area contributed by atoms with Crippen LogP contribution < -0.4 is 10.1 Å². The van der Waals surface area contributed by atoms with E-state index in [0.717, 1.165) is 22.6 Å². The fourth-order valence-corrected chi connectivity index (χ4v) is 2.77. The minimum atomic E-state index is -0.267. The minimum Gasteiger partial charge on any atom is -0.489 e. The molecular weight excluding hydrogens is 364 g/mol. The van der Waals surface area contributed by atoms with Crippen molar-refractivity contribution in [3.63, 3.8) is 0 Å². The van der Waals surface area contributed by atoms with Crippen LogP contribution in [0.3, 0.4) is 0 Å². The summed E-state index contributed by atoms with van der Waals surface area (Å²) in [7, 11) is 0. The summed E-state index contributed by atoms with van der Waals surface area (Å²) in [5, 5.41) is 11.2. The van der Waals surface area contributed by atoms with E-state index < -0.39 is 0 Å². The molecular formula is C23H20N4O2. The van der Waals surface area contributed by atoms with Crippen molar-refractivity contribution in [3.8, 4) is 11.4 Å². The molecule has 1 N–H and O–H groups in total. The van der Waals surface area contributed by atoms with Crippen LogP contribution in [0, 0.1) is 0 Å². The number of para-hydroxylation sites is 1. The monoisotopic (exact) mass is 384 g/mol. The summed E-state index contributed by atoms with van der Waals surface area (Å²) in [6.07, 6.45) is 1.46. The number of hydrogen-bond acceptors (Lipinski definition) is 4. The van der Waals surface area contributed by atoms with Crippen LogP contribution in [0.2, 0.25) is 0 Å². The second kappa shape index (κ2) is 8.84. The quantitative estimate of drug-likeness (QED) is 0.527. The van der Waals surface area contributed by atoms with Gasteiger partial charge in [-0.1, -0.05) is 60.7 Å². The van der Waals surface area contributed by atoms with Gasteiger partial charge in [-0.05, 0) is 35.4 Å². The normalized spacial score (nSPS) is 10.5. The third kappa shape index (κ3) is 4.87. The lowest BCUT2D eigenvalue weighted by Gasteiger charge is -2.08. The lowest BCUT2D eigenvalue weighted by atomic mass is 10.2. The van der Waals surface area contributed by atoms with Crippen molar-refractivity contribution < 1.29 is 9.53 Å². The van der Waals surface area contributed by atoms with Crippen molar-refractivity contribution in [2.24, 2.45) is 0 Å². The number of nitrogens with zero attached hydrogens (tertiary/aromatic N) is 3. The third-order valence-electron chi connectivity index (χ3n) is 4.34. The van der Waals surface area contributed by atoms with Crippen LogP contribution in [-0.4, -0.2) is 20.9 Å². The van der Waals surface area contributed by atoms with Gasteiger partial charge in [-0.15, -0.1) is 5.10 Å². The van der Waals surface area contributed by atoms with Gasteiger partial charge in [-0.25, -0.2) is 0 Å². The van der Waals surface area contributed by atoms with Crippen molar-refractivity contribution in [2.75, 3.05) is 0 Å². The van der Waals surface area contributed by atoms with Crippen LogP contribution in [0.4, 0.5) is 0 Å². The summed E-state index contributed by atoms with van der Waals surface area (Å²) in [4.78, 5) is 13.8. The van der Waals surface area contributed by atoms with E-state index in [-0.39, 0.29) is 11.6 Å². The van der Waals surface area contributed by atoms with E-state index in [0.29, 0.717) is 13.2 Å². The molecule has 0 bridgehead atoms. The minimum absolute atomic E-state index is 0.267. The number of nitrogens with one attached hydrogen (secondary N) is 1. The largest absolute Gasteiger partial charge is 0.489 e. The Balaban J connectivity index is 1.30. The van der Waals surface area contributed by atoms with Gasteiger partial charge in [0.2, 0.25) is 0 Å². The molecule has 6 heteroatoms. The fourth-order valence-electron chi connectivity index (χ4n) is 2.77. The average Bonchev–Trinajstić information content (AvgIpc) is 3.29. The highest BCUT2D eigenvalue weighted by Gasteiger charge is 2.11. The van der Waals surface area contributed by atoms with Gasteiger partial charge in [0.05, 0.1) is 11.9 Å². The highest BCUT2D eigenvalue weighted by atomic mass is 16.5. The number of aromatic nitrogens is 3. The first-order chi connectivity index (χ1) is 14.3. The maximum absolute atomic E-state index is 12.3. The highest BCUT2D eigenvalue weighted by molar-refractivity contribution is 5.91. The Kier molecular flexibility index (Phi) is 5.62. The molecule has 0 fully saturated rings. The van der Waals surface area contributed by atoms with E-state index in [2.05, 4.69) is 15.5 Å². The first kappa shape index (κ1) is 18.4. The predicted molar refractivity (Wildman–Crippen MR) is 110 cm³/mol. The summed E-state index contributed by atoms with van der Waals surface area (Å²) < 4.78 is 5.78. The molecule has 0 saturated carbocycles. The van der Waals surface area contributed by atoms with Gasteiger partial charge < -0.3 is 10.1 Å². The molecule has 29 heavy (non-hydrogen) atoms. The van der Waals surface area contributed by atoms with Crippen molar-refractivity contribution >= 4 is 5.91 Å². The van der Waals surface area contributed by atoms with Crippen molar-refractivity contribution in [1.29, 1.82) is 0 Å². The Morgan fingerprint density at radius 2 is 1.55 bits per heavy atom. The third-order valence-corrected chi connectivity index (χ3v) is 4.34. The average molecular weight is 384 g/mol. The highest BCUT2D eigenvalue weighted by Crippen LogP contribution is 2.14. The standard InChI is InChI=1S/C23H20N4O2/c28-23(22-16-25-27(26-22)20-9-5-2-6-10-20)24-15-18-11-13-21(14-12-18)29-17-19-7-3-1-4-8-19/h1-14,16H,15,17H2,(H,24,28). The molecule has 144 valence electrons. The van der Waals surface area contributed by atoms with Gasteiger partial charge in [0, 0.05) is 6.54 Å². The molecule has 0 atom stereocenters. The maximum atomic E-state index is 12.3. The van der Waals surface area contributed by atoms with Gasteiger partial charge in [0.25, 0.3) is 5.91 Å². The number of carbonyl (C=O) groups excluding carboxylic acids is 1. The molecule has 1 aromatic heterocycles. The molecule has 0 aliphatic heterocycles.